The van der Waals surface area contributed by atoms with Gasteiger partial charge in [-0.2, -0.15) is 0 Å². The number of fused-ring (bicyclic) bond motifs is 1. The van der Waals surface area contributed by atoms with Crippen LogP contribution in [0, 0.1) is 20.6 Å². The summed E-state index contributed by atoms with van der Waals surface area (Å²) in [6.07, 6.45) is 0. The number of halogens is 1. The van der Waals surface area contributed by atoms with Gasteiger partial charge < -0.3 is 5.32 Å². The average molecular weight is 515 g/mol. The molecular weight excluding hydrogens is 501 g/mol. The molecule has 0 bridgehead atoms. The second-order valence-corrected chi connectivity index (χ2v) is 8.67. The van der Waals surface area contributed by atoms with E-state index in [1.807, 2.05) is 42.5 Å². The van der Waals surface area contributed by atoms with Gasteiger partial charge in [0.25, 0.3) is 11.6 Å². The van der Waals surface area contributed by atoms with Gasteiger partial charge in [0.2, 0.25) is 0 Å². The van der Waals surface area contributed by atoms with E-state index in [1.165, 1.54) is 6.07 Å². The Morgan fingerprint density at radius 1 is 1.14 bits per heavy atom. The van der Waals surface area contributed by atoms with Gasteiger partial charge in [-0.05, 0) is 65.9 Å². The van der Waals surface area contributed by atoms with E-state index in [4.69, 9.17) is 0 Å². The lowest BCUT2D eigenvalue weighted by Gasteiger charge is -2.10. The number of aromatic nitrogens is 1. The van der Waals surface area contributed by atoms with E-state index in [2.05, 4.69) is 32.9 Å². The number of carbonyl (C=O) groups is 1. The number of rotatable bonds is 4. The number of benzene rings is 3. The van der Waals surface area contributed by atoms with E-state index in [0.29, 0.717) is 11.3 Å². The lowest BCUT2D eigenvalue weighted by molar-refractivity contribution is -0.385. The molecule has 4 rings (SSSR count). The molecule has 29 heavy (non-hydrogen) atoms. The fraction of sp³-hybridized carbons (Fsp3) is 0.0476. The molecule has 0 fully saturated rings. The molecule has 1 amide bonds. The Morgan fingerprint density at radius 3 is 2.69 bits per heavy atom. The van der Waals surface area contributed by atoms with Gasteiger partial charge in [0.05, 0.1) is 20.8 Å². The van der Waals surface area contributed by atoms with Crippen LogP contribution in [0.1, 0.15) is 15.9 Å². The number of nitro groups is 1. The highest BCUT2D eigenvalue weighted by Crippen LogP contribution is 2.35. The number of nitrogens with zero attached hydrogens (tertiary/aromatic N) is 2. The summed E-state index contributed by atoms with van der Waals surface area (Å²) in [5.41, 5.74) is 2.99. The Kier molecular flexibility index (Phi) is 5.29. The van der Waals surface area contributed by atoms with Crippen LogP contribution in [0.3, 0.4) is 0 Å². The van der Waals surface area contributed by atoms with Gasteiger partial charge in [-0.3, -0.25) is 14.9 Å². The van der Waals surface area contributed by atoms with Crippen LogP contribution in [0.2, 0.25) is 0 Å². The first-order valence-electron chi connectivity index (χ1n) is 8.64. The second kappa shape index (κ2) is 7.88. The van der Waals surface area contributed by atoms with Crippen molar-refractivity contribution in [1.29, 1.82) is 0 Å². The molecule has 4 aromatic rings. The van der Waals surface area contributed by atoms with Crippen LogP contribution < -0.4 is 5.32 Å². The number of hydrogen-bond acceptors (Lipinski definition) is 5. The normalized spacial score (nSPS) is 10.8. The van der Waals surface area contributed by atoms with Crippen LogP contribution in [0.25, 0.3) is 20.8 Å². The third-order valence-electron chi connectivity index (χ3n) is 4.42. The highest BCUT2D eigenvalue weighted by molar-refractivity contribution is 14.1. The number of carbonyl (C=O) groups excluding carboxylic acids is 1. The molecule has 144 valence electrons. The van der Waals surface area contributed by atoms with E-state index < -0.39 is 10.8 Å². The molecule has 0 saturated carbocycles. The number of hydrogen-bond donors (Lipinski definition) is 1. The van der Waals surface area contributed by atoms with E-state index in [0.717, 1.165) is 24.4 Å². The van der Waals surface area contributed by atoms with Gasteiger partial charge in [0, 0.05) is 26.3 Å². The van der Waals surface area contributed by atoms with Gasteiger partial charge in [-0.1, -0.05) is 18.2 Å². The number of para-hydroxylation sites is 1. The van der Waals surface area contributed by atoms with E-state index >= 15 is 0 Å². The van der Waals surface area contributed by atoms with Gasteiger partial charge in [0.15, 0.2) is 0 Å². The summed E-state index contributed by atoms with van der Waals surface area (Å²) < 4.78 is 2.08. The lowest BCUT2D eigenvalue weighted by atomic mass is 10.1. The summed E-state index contributed by atoms with van der Waals surface area (Å²) in [6.45, 7) is 1.64. The summed E-state index contributed by atoms with van der Waals surface area (Å²) in [7, 11) is 0. The predicted molar refractivity (Wildman–Crippen MR) is 124 cm³/mol. The molecule has 1 N–H and O–H groups in total. The Bertz CT molecular complexity index is 1240. The molecule has 3 aromatic carbocycles. The maximum absolute atomic E-state index is 12.8. The Morgan fingerprint density at radius 2 is 1.93 bits per heavy atom. The summed E-state index contributed by atoms with van der Waals surface area (Å²) in [5.74, 6) is -0.406. The third kappa shape index (κ3) is 3.99. The van der Waals surface area contributed by atoms with Crippen LogP contribution in [-0.2, 0) is 0 Å². The third-order valence-corrected chi connectivity index (χ3v) is 6.16. The topological polar surface area (TPSA) is 85.1 Å². The van der Waals surface area contributed by atoms with Crippen molar-refractivity contribution in [3.63, 3.8) is 0 Å². The van der Waals surface area contributed by atoms with E-state index in [9.17, 15) is 14.9 Å². The monoisotopic (exact) mass is 515 g/mol. The van der Waals surface area contributed by atoms with Crippen molar-refractivity contribution < 1.29 is 9.72 Å². The summed E-state index contributed by atoms with van der Waals surface area (Å²) >= 11 is 3.77. The molecular formula is C21H14IN3O3S. The molecule has 0 atom stereocenters. The number of nitro benzene ring substituents is 1. The molecule has 0 saturated heterocycles. The highest BCUT2D eigenvalue weighted by atomic mass is 127. The van der Waals surface area contributed by atoms with Crippen LogP contribution in [-0.4, -0.2) is 15.8 Å². The number of thiazole rings is 1. The minimum Gasteiger partial charge on any atom is -0.321 e. The molecule has 0 aliphatic carbocycles. The van der Waals surface area contributed by atoms with Crippen LogP contribution in [0.4, 0.5) is 11.4 Å². The van der Waals surface area contributed by atoms with Crippen molar-refractivity contribution in [2.24, 2.45) is 0 Å². The molecule has 0 radical (unpaired) electrons. The number of aryl methyl sites for hydroxylation is 1. The molecule has 8 heteroatoms. The minimum absolute atomic E-state index is 0.0772. The van der Waals surface area contributed by atoms with Gasteiger partial charge in [0.1, 0.15) is 5.01 Å². The number of anilines is 1. The van der Waals surface area contributed by atoms with Crippen molar-refractivity contribution in [3.8, 4) is 10.6 Å². The Hall–Kier alpha value is -2.85. The van der Waals surface area contributed by atoms with Crippen LogP contribution in [0.15, 0.2) is 60.7 Å². The standard InChI is InChI=1S/C21H14IN3O3S/c1-12-6-7-13(10-18(12)25(27)28)20(26)23-16-9-8-14(22)11-15(16)21-24-17-4-2-3-5-19(17)29-21/h2-11H,1H3,(H,23,26). The molecule has 1 heterocycles. The van der Waals surface area contributed by atoms with Crippen LogP contribution >= 0.6 is 33.9 Å². The van der Waals surface area contributed by atoms with E-state index in [-0.39, 0.29) is 11.3 Å². The van der Waals surface area contributed by atoms with Crippen molar-refractivity contribution in [1.82, 2.24) is 4.98 Å². The fourth-order valence-electron chi connectivity index (χ4n) is 2.93. The first-order chi connectivity index (χ1) is 13.9. The first-order valence-corrected chi connectivity index (χ1v) is 10.5. The number of amides is 1. The molecule has 6 nitrogen and oxygen atoms in total. The fourth-order valence-corrected chi connectivity index (χ4v) is 4.42. The van der Waals surface area contributed by atoms with Gasteiger partial charge >= 0.3 is 0 Å². The Labute approximate surface area is 183 Å². The second-order valence-electron chi connectivity index (χ2n) is 6.39. The minimum atomic E-state index is -0.483. The van der Waals surface area contributed by atoms with Crippen molar-refractivity contribution in [2.45, 2.75) is 6.92 Å². The van der Waals surface area contributed by atoms with Gasteiger partial charge in [-0.15, -0.1) is 11.3 Å². The number of nitrogens with one attached hydrogen (secondary N) is 1. The zero-order valence-electron chi connectivity index (χ0n) is 15.2. The van der Waals surface area contributed by atoms with E-state index in [1.54, 1.807) is 30.4 Å². The zero-order chi connectivity index (χ0) is 20.5. The zero-order valence-corrected chi connectivity index (χ0v) is 18.2. The van der Waals surface area contributed by atoms with Crippen molar-refractivity contribution >= 4 is 61.4 Å². The SMILES string of the molecule is Cc1ccc(C(=O)Nc2ccc(I)cc2-c2nc3ccccc3s2)cc1[N+](=O)[O-]. The molecule has 1 aromatic heterocycles. The quantitative estimate of drug-likeness (QED) is 0.204. The van der Waals surface area contributed by atoms with Crippen LogP contribution in [0.5, 0.6) is 0 Å². The smallest absolute Gasteiger partial charge is 0.273 e. The largest absolute Gasteiger partial charge is 0.321 e. The highest BCUT2D eigenvalue weighted by Gasteiger charge is 2.17. The average Bonchev–Trinajstić information content (AvgIpc) is 3.13. The molecule has 0 aliphatic rings. The molecule has 0 unspecified atom stereocenters. The van der Waals surface area contributed by atoms with Crippen molar-refractivity contribution in [2.75, 3.05) is 5.32 Å². The molecule has 0 aliphatic heterocycles. The summed E-state index contributed by atoms with van der Waals surface area (Å²) in [5, 5.41) is 14.9. The predicted octanol–water partition coefficient (Wildman–Crippen LogP) is 6.04. The maximum atomic E-state index is 12.8. The first kappa shape index (κ1) is 19.5. The lowest BCUT2D eigenvalue weighted by Crippen LogP contribution is -2.13. The maximum Gasteiger partial charge on any atom is 0.273 e. The Balaban J connectivity index is 1.72. The van der Waals surface area contributed by atoms with Crippen molar-refractivity contribution in [3.05, 3.63) is 85.5 Å². The summed E-state index contributed by atoms with van der Waals surface area (Å²) in [6, 6.07) is 18.0. The summed E-state index contributed by atoms with van der Waals surface area (Å²) in [4.78, 5) is 28.2. The molecule has 0 spiro atoms. The van der Waals surface area contributed by atoms with Gasteiger partial charge in [-0.25, -0.2) is 4.98 Å².